The third-order valence-electron chi connectivity index (χ3n) is 5.06. The van der Waals surface area contributed by atoms with Gasteiger partial charge in [-0.25, -0.2) is 9.98 Å². The number of guanidine groups is 1. The molecule has 0 bridgehead atoms. The van der Waals surface area contributed by atoms with Crippen molar-refractivity contribution < 1.29 is 4.79 Å². The van der Waals surface area contributed by atoms with Crippen LogP contribution in [-0.2, 0) is 11.3 Å². The molecule has 1 amide bonds. The average Bonchev–Trinajstić information content (AvgIpc) is 3.01. The molecule has 0 unspecified atom stereocenters. The zero-order chi connectivity index (χ0) is 19.8. The van der Waals surface area contributed by atoms with Crippen molar-refractivity contribution in [3.05, 3.63) is 35.8 Å². The van der Waals surface area contributed by atoms with Crippen LogP contribution in [0.25, 0.3) is 5.65 Å². The lowest BCUT2D eigenvalue weighted by atomic mass is 10.2. The van der Waals surface area contributed by atoms with Crippen LogP contribution in [0.2, 0.25) is 0 Å². The van der Waals surface area contributed by atoms with Gasteiger partial charge in [-0.2, -0.15) is 0 Å². The zero-order valence-corrected chi connectivity index (χ0v) is 19.8. The van der Waals surface area contributed by atoms with Gasteiger partial charge in [0.15, 0.2) is 5.96 Å². The van der Waals surface area contributed by atoms with Crippen molar-refractivity contribution in [2.24, 2.45) is 4.99 Å². The number of aliphatic imine (C=N–C) groups is 1. The summed E-state index contributed by atoms with van der Waals surface area (Å²) in [7, 11) is 0. The Balaban J connectivity index is 0.00000300. The Bertz CT molecular complexity index is 819. The van der Waals surface area contributed by atoms with Gasteiger partial charge < -0.3 is 19.9 Å². The summed E-state index contributed by atoms with van der Waals surface area (Å²) in [5.41, 5.74) is 3.06. The van der Waals surface area contributed by atoms with E-state index in [0.29, 0.717) is 18.9 Å². The minimum Gasteiger partial charge on any atom is -0.357 e. The maximum Gasteiger partial charge on any atom is 0.222 e. The number of rotatable bonds is 7. The number of carbonyl (C=O) groups is 1. The van der Waals surface area contributed by atoms with Gasteiger partial charge >= 0.3 is 0 Å². The molecule has 1 aliphatic rings. The summed E-state index contributed by atoms with van der Waals surface area (Å²) < 4.78 is 2.09. The van der Waals surface area contributed by atoms with Gasteiger partial charge in [0, 0.05) is 44.5 Å². The number of nitrogens with zero attached hydrogens (tertiary/aromatic N) is 4. The second-order valence-electron chi connectivity index (χ2n) is 7.29. The van der Waals surface area contributed by atoms with E-state index in [4.69, 9.17) is 0 Å². The number of halogens is 1. The first kappa shape index (κ1) is 23.4. The molecule has 0 radical (unpaired) electrons. The molecule has 2 aromatic rings. The minimum atomic E-state index is 0. The van der Waals surface area contributed by atoms with E-state index >= 15 is 0 Å². The quantitative estimate of drug-likeness (QED) is 0.259. The number of aryl methyl sites for hydroxylation is 1. The van der Waals surface area contributed by atoms with Crippen molar-refractivity contribution in [1.29, 1.82) is 0 Å². The summed E-state index contributed by atoms with van der Waals surface area (Å²) in [6, 6.07) is 6.10. The molecular weight excluding hydrogens is 479 g/mol. The molecule has 0 atom stereocenters. The van der Waals surface area contributed by atoms with Crippen LogP contribution in [0.15, 0.2) is 29.4 Å². The Labute approximate surface area is 190 Å². The molecule has 1 fully saturated rings. The second-order valence-corrected chi connectivity index (χ2v) is 7.29. The second kappa shape index (κ2) is 12.0. The molecule has 0 aliphatic carbocycles. The molecule has 1 aliphatic heterocycles. The normalized spacial score (nSPS) is 15.2. The molecule has 0 saturated carbocycles. The average molecular weight is 512 g/mol. The number of hydrogen-bond donors (Lipinski definition) is 2. The third kappa shape index (κ3) is 6.87. The third-order valence-corrected chi connectivity index (χ3v) is 5.06. The first-order valence-corrected chi connectivity index (χ1v) is 10.4. The molecule has 0 spiro atoms. The van der Waals surface area contributed by atoms with Crippen molar-refractivity contribution in [1.82, 2.24) is 24.9 Å². The fourth-order valence-corrected chi connectivity index (χ4v) is 3.53. The van der Waals surface area contributed by atoms with Crippen molar-refractivity contribution in [3.63, 3.8) is 0 Å². The highest BCUT2D eigenvalue weighted by Gasteiger charge is 2.15. The molecule has 29 heavy (non-hydrogen) atoms. The largest absolute Gasteiger partial charge is 0.357 e. The first-order valence-electron chi connectivity index (χ1n) is 10.4. The van der Waals surface area contributed by atoms with Crippen LogP contribution >= 0.6 is 24.0 Å². The Morgan fingerprint density at radius 1 is 1.24 bits per heavy atom. The highest BCUT2D eigenvalue weighted by Crippen LogP contribution is 2.11. The van der Waals surface area contributed by atoms with Gasteiger partial charge in [0.1, 0.15) is 5.65 Å². The lowest BCUT2D eigenvalue weighted by molar-refractivity contribution is -0.130. The van der Waals surface area contributed by atoms with Crippen LogP contribution in [0.5, 0.6) is 0 Å². The predicted octanol–water partition coefficient (Wildman–Crippen LogP) is 3.11. The van der Waals surface area contributed by atoms with Crippen molar-refractivity contribution >= 4 is 41.5 Å². The van der Waals surface area contributed by atoms with Crippen LogP contribution in [0.3, 0.4) is 0 Å². The number of fused-ring (bicyclic) bond motifs is 1. The molecule has 2 N–H and O–H groups in total. The van der Waals surface area contributed by atoms with E-state index in [0.717, 1.165) is 68.4 Å². The molecule has 3 heterocycles. The van der Waals surface area contributed by atoms with Crippen LogP contribution in [0.4, 0.5) is 0 Å². The molecule has 3 rings (SSSR count). The molecule has 1 saturated heterocycles. The number of carbonyl (C=O) groups excluding carboxylic acids is 1. The number of nitrogens with one attached hydrogen (secondary N) is 2. The van der Waals surface area contributed by atoms with E-state index in [1.54, 1.807) is 0 Å². The minimum absolute atomic E-state index is 0. The van der Waals surface area contributed by atoms with E-state index < -0.39 is 0 Å². The number of imidazole rings is 1. The van der Waals surface area contributed by atoms with Gasteiger partial charge in [-0.15, -0.1) is 24.0 Å². The summed E-state index contributed by atoms with van der Waals surface area (Å²) in [6.07, 6.45) is 7.00. The van der Waals surface area contributed by atoms with E-state index in [-0.39, 0.29) is 24.0 Å². The highest BCUT2D eigenvalue weighted by atomic mass is 127. The van der Waals surface area contributed by atoms with E-state index in [9.17, 15) is 4.79 Å². The number of amides is 1. The summed E-state index contributed by atoms with van der Waals surface area (Å²) in [5.74, 6) is 1.10. The summed E-state index contributed by atoms with van der Waals surface area (Å²) in [6.45, 7) is 7.97. The summed E-state index contributed by atoms with van der Waals surface area (Å²) in [5, 5.41) is 6.65. The molecule has 160 valence electrons. The van der Waals surface area contributed by atoms with Gasteiger partial charge in [0.05, 0.1) is 12.2 Å². The SMILES string of the molecule is CCNC(=NCc1cn2c(C)cccc2n1)NCCCN1CCCCCC1=O.I. The van der Waals surface area contributed by atoms with Gasteiger partial charge in [-0.3, -0.25) is 4.79 Å². The number of pyridine rings is 1. The zero-order valence-electron chi connectivity index (χ0n) is 17.5. The number of aromatic nitrogens is 2. The molecule has 7 nitrogen and oxygen atoms in total. The van der Waals surface area contributed by atoms with Gasteiger partial charge in [0.2, 0.25) is 5.91 Å². The topological polar surface area (TPSA) is 74.0 Å². The van der Waals surface area contributed by atoms with Gasteiger partial charge in [-0.1, -0.05) is 12.5 Å². The Hall–Kier alpha value is -1.84. The van der Waals surface area contributed by atoms with Crippen molar-refractivity contribution in [2.45, 2.75) is 52.5 Å². The number of hydrogen-bond acceptors (Lipinski definition) is 3. The molecule has 2 aromatic heterocycles. The van der Waals surface area contributed by atoms with E-state index in [1.165, 1.54) is 6.42 Å². The summed E-state index contributed by atoms with van der Waals surface area (Å²) >= 11 is 0. The first-order chi connectivity index (χ1) is 13.7. The smallest absolute Gasteiger partial charge is 0.222 e. The maximum atomic E-state index is 12.1. The lowest BCUT2D eigenvalue weighted by Crippen LogP contribution is -2.39. The lowest BCUT2D eigenvalue weighted by Gasteiger charge is -2.20. The van der Waals surface area contributed by atoms with Crippen LogP contribution < -0.4 is 10.6 Å². The fraction of sp³-hybridized carbons (Fsp3) is 0.571. The number of likely N-dealkylation sites (tertiary alicyclic amines) is 1. The Morgan fingerprint density at radius 2 is 2.10 bits per heavy atom. The van der Waals surface area contributed by atoms with Gasteiger partial charge in [0.25, 0.3) is 0 Å². The fourth-order valence-electron chi connectivity index (χ4n) is 3.53. The maximum absolute atomic E-state index is 12.1. The Morgan fingerprint density at radius 3 is 2.90 bits per heavy atom. The Kier molecular flexibility index (Phi) is 9.69. The monoisotopic (exact) mass is 512 g/mol. The molecular formula is C21H33IN6O. The molecule has 0 aromatic carbocycles. The summed E-state index contributed by atoms with van der Waals surface area (Å²) in [4.78, 5) is 23.4. The van der Waals surface area contributed by atoms with E-state index in [1.807, 2.05) is 23.2 Å². The van der Waals surface area contributed by atoms with Crippen LogP contribution in [-0.4, -0.2) is 52.3 Å². The van der Waals surface area contributed by atoms with Crippen LogP contribution in [0.1, 0.15) is 50.4 Å². The van der Waals surface area contributed by atoms with Crippen molar-refractivity contribution in [2.75, 3.05) is 26.2 Å². The predicted molar refractivity (Wildman–Crippen MR) is 128 cm³/mol. The van der Waals surface area contributed by atoms with Crippen LogP contribution in [0, 0.1) is 6.92 Å². The highest BCUT2D eigenvalue weighted by molar-refractivity contribution is 14.0. The van der Waals surface area contributed by atoms with Crippen molar-refractivity contribution in [3.8, 4) is 0 Å². The van der Waals surface area contributed by atoms with E-state index in [2.05, 4.69) is 44.9 Å². The standard InChI is InChI=1S/C21H32N6O.HI/c1-3-22-21(23-12-8-14-26-13-6-4-5-11-20(26)28)24-15-18-16-27-17(2)9-7-10-19(27)25-18;/h7,9-10,16H,3-6,8,11-15H2,1-2H3,(H2,22,23,24);1H. The molecule has 8 heteroatoms. The van der Waals surface area contributed by atoms with Gasteiger partial charge in [-0.05, 0) is 45.2 Å².